The van der Waals surface area contributed by atoms with Crippen molar-refractivity contribution < 1.29 is 22.9 Å². The number of hydrogen-bond donors (Lipinski definition) is 1. The first-order valence-corrected chi connectivity index (χ1v) is 10.1. The summed E-state index contributed by atoms with van der Waals surface area (Å²) in [6, 6.07) is 12.2. The monoisotopic (exact) mass is 378 g/mol. The molecular weight excluding hydrogens is 354 g/mol. The molecule has 0 bridgehead atoms. The number of hydrogen-bond acceptors (Lipinski definition) is 4. The molecule has 26 heavy (non-hydrogen) atoms. The van der Waals surface area contributed by atoms with Crippen LogP contribution in [0.5, 0.6) is 0 Å². The van der Waals surface area contributed by atoms with E-state index in [2.05, 4.69) is 0 Å². The predicted octanol–water partition coefficient (Wildman–Crippen LogP) is 0.437. The molecular formula is C18H24N3O4S+. The number of furan rings is 1. The molecule has 140 valence electrons. The number of rotatable bonds is 6. The minimum Gasteiger partial charge on any atom is -0.463 e. The Kier molecular flexibility index (Phi) is 5.75. The van der Waals surface area contributed by atoms with E-state index in [0.29, 0.717) is 37.6 Å². The van der Waals surface area contributed by atoms with Crippen LogP contribution < -0.4 is 5.32 Å². The van der Waals surface area contributed by atoms with Crippen LogP contribution in [0.15, 0.2) is 58.0 Å². The normalized spacial score (nSPS) is 17.2. The predicted molar refractivity (Wildman–Crippen MR) is 95.7 cm³/mol. The molecule has 1 aromatic carbocycles. The van der Waals surface area contributed by atoms with Gasteiger partial charge in [0.2, 0.25) is 10.0 Å². The van der Waals surface area contributed by atoms with Gasteiger partial charge in [0.1, 0.15) is 6.04 Å². The number of carbonyl (C=O) groups excluding carboxylic acids is 1. The molecule has 8 heteroatoms. The number of carbonyl (C=O) groups is 1. The van der Waals surface area contributed by atoms with Crippen LogP contribution in [0.1, 0.15) is 18.7 Å². The average Bonchev–Trinajstić information content (AvgIpc) is 3.21. The average molecular weight is 378 g/mol. The lowest BCUT2D eigenvalue weighted by molar-refractivity contribution is -0.685. The Morgan fingerprint density at radius 3 is 2.42 bits per heavy atom. The maximum Gasteiger partial charge on any atom is 0.277 e. The number of nitrogens with zero attached hydrogens (tertiary/aromatic N) is 2. The van der Waals surface area contributed by atoms with E-state index in [1.807, 2.05) is 24.4 Å². The van der Waals surface area contributed by atoms with E-state index in [4.69, 9.17) is 4.42 Å². The van der Waals surface area contributed by atoms with Crippen molar-refractivity contribution in [1.29, 1.82) is 0 Å². The van der Waals surface area contributed by atoms with Crippen LogP contribution in [0.25, 0.3) is 0 Å². The summed E-state index contributed by atoms with van der Waals surface area (Å²) in [7, 11) is -3.49. The summed E-state index contributed by atoms with van der Waals surface area (Å²) >= 11 is 0. The molecule has 1 fully saturated rings. The fourth-order valence-electron chi connectivity index (χ4n) is 2.99. The summed E-state index contributed by atoms with van der Waals surface area (Å²) in [4.78, 5) is 14.4. The molecule has 1 aliphatic heterocycles. The second-order valence-corrected chi connectivity index (χ2v) is 8.28. The van der Waals surface area contributed by atoms with E-state index in [0.717, 1.165) is 5.76 Å². The first-order valence-electron chi connectivity index (χ1n) is 8.68. The minimum absolute atomic E-state index is 0.0140. The van der Waals surface area contributed by atoms with Crippen molar-refractivity contribution in [3.63, 3.8) is 0 Å². The lowest BCUT2D eigenvalue weighted by Crippen LogP contribution is -2.87. The van der Waals surface area contributed by atoms with Gasteiger partial charge >= 0.3 is 0 Å². The third-order valence-electron chi connectivity index (χ3n) is 4.61. The van der Waals surface area contributed by atoms with Gasteiger partial charge in [-0.15, -0.1) is 0 Å². The zero-order valence-electron chi connectivity index (χ0n) is 14.7. The highest BCUT2D eigenvalue weighted by Crippen LogP contribution is 2.17. The Bertz CT molecular complexity index is 813. The molecule has 2 N–H and O–H groups in total. The number of quaternary nitrogens is 1. The zero-order chi connectivity index (χ0) is 18.6. The summed E-state index contributed by atoms with van der Waals surface area (Å²) in [6.45, 7) is 3.75. The van der Waals surface area contributed by atoms with Crippen LogP contribution in [0.4, 0.5) is 0 Å². The molecule has 1 aliphatic rings. The van der Waals surface area contributed by atoms with E-state index in [1.54, 1.807) is 41.5 Å². The summed E-state index contributed by atoms with van der Waals surface area (Å²) < 4.78 is 32.0. The van der Waals surface area contributed by atoms with Crippen molar-refractivity contribution >= 4 is 15.9 Å². The Morgan fingerprint density at radius 1 is 1.12 bits per heavy atom. The molecule has 0 aliphatic carbocycles. The summed E-state index contributed by atoms with van der Waals surface area (Å²) in [5.41, 5.74) is 0. The minimum atomic E-state index is -3.49. The molecule has 1 amide bonds. The first-order chi connectivity index (χ1) is 12.5. The summed E-state index contributed by atoms with van der Waals surface area (Å²) in [5, 5.41) is 1.92. The SMILES string of the molecule is C[C@@H]([NH2+]CC(=O)N1CCN(S(=O)(=O)c2ccccc2)CC1)c1ccco1. The molecule has 0 saturated carbocycles. The van der Waals surface area contributed by atoms with Crippen LogP contribution in [0.2, 0.25) is 0 Å². The van der Waals surface area contributed by atoms with Gasteiger partial charge in [0, 0.05) is 26.2 Å². The van der Waals surface area contributed by atoms with Crippen molar-refractivity contribution in [1.82, 2.24) is 9.21 Å². The molecule has 2 heterocycles. The Labute approximate surface area is 153 Å². The number of benzene rings is 1. The number of piperazine rings is 1. The van der Waals surface area contributed by atoms with E-state index in [9.17, 15) is 13.2 Å². The maximum atomic E-state index is 12.6. The molecule has 3 rings (SSSR count). The molecule has 0 spiro atoms. The second-order valence-electron chi connectivity index (χ2n) is 6.34. The van der Waals surface area contributed by atoms with E-state index >= 15 is 0 Å². The molecule has 1 saturated heterocycles. The standard InChI is InChI=1S/C18H23N3O4S/c1-15(17-8-5-13-25-17)19-14-18(22)20-9-11-21(12-10-20)26(23,24)16-6-3-2-4-7-16/h2-8,13,15,19H,9-12,14H2,1H3/p+1/t15-/m1/s1. The lowest BCUT2D eigenvalue weighted by atomic mass is 10.2. The van der Waals surface area contributed by atoms with Crippen LogP contribution in [-0.2, 0) is 14.8 Å². The van der Waals surface area contributed by atoms with Gasteiger partial charge in [-0.25, -0.2) is 8.42 Å². The smallest absolute Gasteiger partial charge is 0.277 e. The third-order valence-corrected chi connectivity index (χ3v) is 6.52. The fourth-order valence-corrected chi connectivity index (χ4v) is 4.44. The van der Waals surface area contributed by atoms with Crippen molar-refractivity contribution in [2.75, 3.05) is 32.7 Å². The molecule has 2 aromatic rings. The first kappa shape index (κ1) is 18.6. The quantitative estimate of drug-likeness (QED) is 0.790. The van der Waals surface area contributed by atoms with Crippen LogP contribution in [-0.4, -0.2) is 56.3 Å². The van der Waals surface area contributed by atoms with Gasteiger partial charge in [0.15, 0.2) is 12.3 Å². The van der Waals surface area contributed by atoms with Crippen molar-refractivity contribution in [3.8, 4) is 0 Å². The zero-order valence-corrected chi connectivity index (χ0v) is 15.6. The highest BCUT2D eigenvalue weighted by molar-refractivity contribution is 7.89. The largest absolute Gasteiger partial charge is 0.463 e. The van der Waals surface area contributed by atoms with E-state index < -0.39 is 10.0 Å². The van der Waals surface area contributed by atoms with Gasteiger partial charge in [-0.05, 0) is 31.2 Å². The van der Waals surface area contributed by atoms with Crippen LogP contribution in [0, 0.1) is 0 Å². The Morgan fingerprint density at radius 2 is 1.81 bits per heavy atom. The van der Waals surface area contributed by atoms with Gasteiger partial charge < -0.3 is 14.6 Å². The summed E-state index contributed by atoms with van der Waals surface area (Å²) in [5.74, 6) is 0.844. The molecule has 1 atom stereocenters. The van der Waals surface area contributed by atoms with E-state index in [-0.39, 0.29) is 11.9 Å². The van der Waals surface area contributed by atoms with Crippen molar-refractivity contribution in [2.24, 2.45) is 0 Å². The topological polar surface area (TPSA) is 87.4 Å². The van der Waals surface area contributed by atoms with Crippen LogP contribution >= 0.6 is 0 Å². The number of sulfonamides is 1. The van der Waals surface area contributed by atoms with Gasteiger partial charge in [0.05, 0.1) is 11.2 Å². The van der Waals surface area contributed by atoms with Crippen molar-refractivity contribution in [3.05, 3.63) is 54.5 Å². The number of nitrogens with two attached hydrogens (primary N) is 1. The highest BCUT2D eigenvalue weighted by Gasteiger charge is 2.30. The van der Waals surface area contributed by atoms with Gasteiger partial charge in [-0.3, -0.25) is 4.79 Å². The van der Waals surface area contributed by atoms with Crippen LogP contribution in [0.3, 0.4) is 0 Å². The molecule has 0 radical (unpaired) electrons. The van der Waals surface area contributed by atoms with Crippen molar-refractivity contribution in [2.45, 2.75) is 17.9 Å². The maximum absolute atomic E-state index is 12.6. The lowest BCUT2D eigenvalue weighted by Gasteiger charge is -2.33. The second kappa shape index (κ2) is 8.03. The molecule has 7 nitrogen and oxygen atoms in total. The van der Waals surface area contributed by atoms with Gasteiger partial charge in [0.25, 0.3) is 5.91 Å². The molecule has 0 unspecified atom stereocenters. The van der Waals surface area contributed by atoms with Gasteiger partial charge in [-0.2, -0.15) is 4.31 Å². The Balaban J connectivity index is 1.51. The third kappa shape index (κ3) is 4.14. The fraction of sp³-hybridized carbons (Fsp3) is 0.389. The molecule has 1 aromatic heterocycles. The summed E-state index contributed by atoms with van der Waals surface area (Å²) in [6.07, 6.45) is 1.62. The van der Waals surface area contributed by atoms with Gasteiger partial charge in [-0.1, -0.05) is 18.2 Å². The van der Waals surface area contributed by atoms with E-state index in [1.165, 1.54) is 4.31 Å². The highest BCUT2D eigenvalue weighted by atomic mass is 32.2. The number of amides is 1. The Hall–Kier alpha value is -2.16.